The molecule has 0 bridgehead atoms. The Hall–Kier alpha value is -2.95. The van der Waals surface area contributed by atoms with Crippen LogP contribution in [0.4, 0.5) is 0 Å². The number of para-hydroxylation sites is 1. The SMILES string of the molecule is COc1cccc(-c2nn(-c3ccccc3)cc2C=C2SC(=S)N(C3CCS(=O)(=O)C3)C2=O)c1. The molecule has 1 amide bonds. The highest BCUT2D eigenvalue weighted by molar-refractivity contribution is 8.26. The summed E-state index contributed by atoms with van der Waals surface area (Å²) in [5.41, 5.74) is 3.17. The van der Waals surface area contributed by atoms with E-state index >= 15 is 0 Å². The number of hydrogen-bond acceptors (Lipinski definition) is 7. The van der Waals surface area contributed by atoms with E-state index in [1.807, 2.05) is 60.8 Å². The quantitative estimate of drug-likeness (QED) is 0.379. The molecule has 1 aromatic heterocycles. The van der Waals surface area contributed by atoms with Crippen LogP contribution in [0.1, 0.15) is 12.0 Å². The summed E-state index contributed by atoms with van der Waals surface area (Å²) >= 11 is 6.65. The van der Waals surface area contributed by atoms with Gasteiger partial charge in [0.2, 0.25) is 0 Å². The molecule has 3 aromatic rings. The van der Waals surface area contributed by atoms with E-state index in [0.29, 0.717) is 27.1 Å². The Labute approximate surface area is 207 Å². The number of rotatable bonds is 5. The summed E-state index contributed by atoms with van der Waals surface area (Å²) in [5, 5.41) is 4.80. The van der Waals surface area contributed by atoms with Gasteiger partial charge in [-0.1, -0.05) is 54.3 Å². The van der Waals surface area contributed by atoms with Gasteiger partial charge in [-0.05, 0) is 36.8 Å². The molecule has 2 aliphatic rings. The van der Waals surface area contributed by atoms with Crippen molar-refractivity contribution >= 4 is 50.1 Å². The molecule has 0 spiro atoms. The maximum atomic E-state index is 13.3. The molecule has 1 atom stereocenters. The normalized spacial score (nSPS) is 20.9. The zero-order chi connectivity index (χ0) is 23.9. The van der Waals surface area contributed by atoms with E-state index in [-0.39, 0.29) is 17.4 Å². The first-order valence-electron chi connectivity index (χ1n) is 10.6. The van der Waals surface area contributed by atoms with Gasteiger partial charge in [0, 0.05) is 17.3 Å². The molecule has 1 unspecified atom stereocenters. The van der Waals surface area contributed by atoms with E-state index in [1.165, 1.54) is 16.7 Å². The van der Waals surface area contributed by atoms with E-state index in [1.54, 1.807) is 17.9 Å². The van der Waals surface area contributed by atoms with Crippen molar-refractivity contribution in [1.29, 1.82) is 0 Å². The van der Waals surface area contributed by atoms with Crippen LogP contribution in [0.15, 0.2) is 65.7 Å². The second kappa shape index (κ2) is 9.01. The molecule has 0 saturated carbocycles. The average Bonchev–Trinajstić information content (AvgIpc) is 3.49. The Kier molecular flexibility index (Phi) is 6.05. The Morgan fingerprint density at radius 2 is 1.97 bits per heavy atom. The summed E-state index contributed by atoms with van der Waals surface area (Å²) in [5.74, 6) is 0.471. The van der Waals surface area contributed by atoms with Crippen LogP contribution in [-0.2, 0) is 14.6 Å². The number of carbonyl (C=O) groups excluding carboxylic acids is 1. The van der Waals surface area contributed by atoms with Crippen LogP contribution in [0.3, 0.4) is 0 Å². The number of aromatic nitrogens is 2. The van der Waals surface area contributed by atoms with E-state index in [2.05, 4.69) is 0 Å². The van der Waals surface area contributed by atoms with E-state index in [4.69, 9.17) is 22.1 Å². The maximum Gasteiger partial charge on any atom is 0.266 e. The highest BCUT2D eigenvalue weighted by Gasteiger charge is 2.42. The third kappa shape index (κ3) is 4.40. The lowest BCUT2D eigenvalue weighted by Gasteiger charge is -2.20. The van der Waals surface area contributed by atoms with Crippen molar-refractivity contribution in [3.63, 3.8) is 0 Å². The summed E-state index contributed by atoms with van der Waals surface area (Å²) in [6.07, 6.45) is 4.06. The number of sulfone groups is 1. The molecule has 7 nitrogen and oxygen atoms in total. The van der Waals surface area contributed by atoms with Gasteiger partial charge in [-0.15, -0.1) is 0 Å². The fraction of sp³-hybridized carbons (Fsp3) is 0.208. The largest absolute Gasteiger partial charge is 0.497 e. The molecular formula is C24H21N3O4S3. The van der Waals surface area contributed by atoms with Crippen molar-refractivity contribution in [3.8, 4) is 22.7 Å². The smallest absolute Gasteiger partial charge is 0.266 e. The molecular weight excluding hydrogens is 490 g/mol. The van der Waals surface area contributed by atoms with Gasteiger partial charge in [0.15, 0.2) is 9.84 Å². The van der Waals surface area contributed by atoms with Gasteiger partial charge < -0.3 is 4.74 Å². The first kappa shape index (κ1) is 22.8. The lowest BCUT2D eigenvalue weighted by atomic mass is 10.1. The Morgan fingerprint density at radius 3 is 2.68 bits per heavy atom. The lowest BCUT2D eigenvalue weighted by molar-refractivity contribution is -0.123. The summed E-state index contributed by atoms with van der Waals surface area (Å²) < 4.78 is 31.4. The Bertz CT molecular complexity index is 1410. The number of carbonyl (C=O) groups is 1. The number of hydrogen-bond donors (Lipinski definition) is 0. The second-order valence-electron chi connectivity index (χ2n) is 8.05. The summed E-state index contributed by atoms with van der Waals surface area (Å²) in [7, 11) is -1.53. The number of amides is 1. The zero-order valence-electron chi connectivity index (χ0n) is 18.2. The molecule has 34 heavy (non-hydrogen) atoms. The molecule has 174 valence electrons. The number of ether oxygens (including phenoxy) is 1. The first-order chi connectivity index (χ1) is 16.3. The number of methoxy groups -OCH3 is 1. The zero-order valence-corrected chi connectivity index (χ0v) is 20.7. The summed E-state index contributed by atoms with van der Waals surface area (Å²) in [6, 6.07) is 16.9. The third-order valence-electron chi connectivity index (χ3n) is 5.79. The minimum atomic E-state index is -3.14. The van der Waals surface area contributed by atoms with Crippen LogP contribution in [-0.4, -0.2) is 58.0 Å². The summed E-state index contributed by atoms with van der Waals surface area (Å²) in [6.45, 7) is 0. The standard InChI is InChI=1S/C24H21N3O4S3/c1-31-20-9-5-6-16(12-20)22-17(14-26(25-22)18-7-3-2-4-8-18)13-21-23(28)27(24(32)33-21)19-10-11-34(29,30)15-19/h2-9,12-14,19H,10-11,15H2,1H3. The number of thioether (sulfide) groups is 1. The predicted molar refractivity (Wildman–Crippen MR) is 138 cm³/mol. The van der Waals surface area contributed by atoms with E-state index in [9.17, 15) is 13.2 Å². The minimum absolute atomic E-state index is 0.0479. The topological polar surface area (TPSA) is 81.5 Å². The Morgan fingerprint density at radius 1 is 1.18 bits per heavy atom. The molecule has 0 aliphatic carbocycles. The average molecular weight is 512 g/mol. The number of thiocarbonyl (C=S) groups is 1. The first-order valence-corrected chi connectivity index (χ1v) is 13.7. The maximum absolute atomic E-state index is 13.3. The summed E-state index contributed by atoms with van der Waals surface area (Å²) in [4.78, 5) is 15.2. The highest BCUT2D eigenvalue weighted by atomic mass is 32.2. The fourth-order valence-corrected chi connectivity index (χ4v) is 7.21. The van der Waals surface area contributed by atoms with Crippen LogP contribution in [0.25, 0.3) is 23.0 Å². The molecule has 3 heterocycles. The van der Waals surface area contributed by atoms with Gasteiger partial charge in [0.1, 0.15) is 15.8 Å². The van der Waals surface area contributed by atoms with Gasteiger partial charge in [-0.3, -0.25) is 9.69 Å². The van der Waals surface area contributed by atoms with Crippen molar-refractivity contribution in [2.75, 3.05) is 18.6 Å². The van der Waals surface area contributed by atoms with Crippen molar-refractivity contribution in [3.05, 3.63) is 71.3 Å². The fourth-order valence-electron chi connectivity index (χ4n) is 4.12. The van der Waals surface area contributed by atoms with Crippen LogP contribution in [0.5, 0.6) is 5.75 Å². The third-order valence-corrected chi connectivity index (χ3v) is 8.87. The number of benzene rings is 2. The van der Waals surface area contributed by atoms with E-state index in [0.717, 1.165) is 16.8 Å². The van der Waals surface area contributed by atoms with Crippen molar-refractivity contribution < 1.29 is 17.9 Å². The molecule has 2 saturated heterocycles. The van der Waals surface area contributed by atoms with Gasteiger partial charge in [0.05, 0.1) is 35.2 Å². The molecule has 10 heteroatoms. The molecule has 0 N–H and O–H groups in total. The Balaban J connectivity index is 1.55. The molecule has 2 aliphatic heterocycles. The molecule has 0 radical (unpaired) electrons. The van der Waals surface area contributed by atoms with Gasteiger partial charge in [-0.2, -0.15) is 5.10 Å². The van der Waals surface area contributed by atoms with Crippen LogP contribution >= 0.6 is 24.0 Å². The van der Waals surface area contributed by atoms with Gasteiger partial charge >= 0.3 is 0 Å². The van der Waals surface area contributed by atoms with Crippen LogP contribution < -0.4 is 4.74 Å². The van der Waals surface area contributed by atoms with Crippen LogP contribution in [0, 0.1) is 0 Å². The van der Waals surface area contributed by atoms with Gasteiger partial charge in [-0.25, -0.2) is 13.1 Å². The van der Waals surface area contributed by atoms with Crippen LogP contribution in [0.2, 0.25) is 0 Å². The molecule has 2 aromatic carbocycles. The predicted octanol–water partition coefficient (Wildman–Crippen LogP) is 3.94. The minimum Gasteiger partial charge on any atom is -0.497 e. The van der Waals surface area contributed by atoms with Gasteiger partial charge in [0.25, 0.3) is 5.91 Å². The van der Waals surface area contributed by atoms with Crippen molar-refractivity contribution in [2.24, 2.45) is 0 Å². The number of nitrogens with zero attached hydrogens (tertiary/aromatic N) is 3. The second-order valence-corrected chi connectivity index (χ2v) is 12.0. The molecule has 2 fully saturated rings. The van der Waals surface area contributed by atoms with Crippen molar-refractivity contribution in [1.82, 2.24) is 14.7 Å². The molecule has 5 rings (SSSR count). The van der Waals surface area contributed by atoms with E-state index < -0.39 is 15.9 Å². The lowest BCUT2D eigenvalue weighted by Crippen LogP contribution is -2.39. The highest BCUT2D eigenvalue weighted by Crippen LogP contribution is 2.38. The van der Waals surface area contributed by atoms with Crippen molar-refractivity contribution in [2.45, 2.75) is 12.5 Å². The monoisotopic (exact) mass is 511 g/mol.